The summed E-state index contributed by atoms with van der Waals surface area (Å²) in [4.78, 5) is 25.0. The number of aliphatic hydroxyl groups is 23. The van der Waals surface area contributed by atoms with Gasteiger partial charge in [0.15, 0.2) is 50.3 Å². The molecular weight excluding hydrogens is 1280 g/mol. The number of hydrogen-bond donors (Lipinski definition) is 25. The Balaban J connectivity index is 1.15. The molecule has 1 unspecified atom stereocenters. The summed E-state index contributed by atoms with van der Waals surface area (Å²) in [6.07, 6.45) is -75.5. The van der Waals surface area contributed by atoms with Crippen LogP contribution in [0.4, 0.5) is 0 Å². The van der Waals surface area contributed by atoms with E-state index in [1.165, 1.54) is 0 Å². The standard InChI is InChI=1S/C51H86N2O40/c1-11(59)52-21-29(68)39(17(6-57)82-44(21)78)89-45-22(53-12(2)60)30(69)40(18(7-58)86-45)90-51-43(93-47-34(73)23(62)13(61)8-79-47)42(92-50-37(76)33(72)26(65)16(5-56)85-50)28(67)20(88-51)10-81-48-38(77)41(91-49-36(75)32(71)25(64)15(4-55)84-49)27(66)19(87-48)9-80-46-35(74)31(70)24(63)14(3-54)83-46/h13-51,54-58,61-78H,3-10H2,1-2H3,(H,52,59)(H,53,60)/t13-,14-,15-,16-,17-,18-,19-,20-,21-,22-,23+,24-,25-,26-,27-,28-,29-,30-,31+,32+,33+,34-,35+,36+,37+,38+,39-,40-,41+,42+,43+,44?,45+,46+,47+,48+,49-,50-,51+/m1/s1. The molecule has 8 saturated heterocycles. The van der Waals surface area contributed by atoms with Crippen molar-refractivity contribution in [2.45, 2.75) is 253 Å². The van der Waals surface area contributed by atoms with E-state index >= 15 is 0 Å². The fraction of sp³-hybridized carbons (Fsp3) is 0.961. The van der Waals surface area contributed by atoms with E-state index in [4.69, 9.17) is 71.1 Å². The Morgan fingerprint density at radius 3 is 1.17 bits per heavy atom. The van der Waals surface area contributed by atoms with Crippen molar-refractivity contribution >= 4 is 11.8 Å². The van der Waals surface area contributed by atoms with Gasteiger partial charge in [-0.2, -0.15) is 0 Å². The predicted molar refractivity (Wildman–Crippen MR) is 282 cm³/mol. The highest BCUT2D eigenvalue weighted by atomic mass is 16.8. The lowest BCUT2D eigenvalue weighted by Crippen LogP contribution is -2.71. The molecule has 2 amide bonds. The Morgan fingerprint density at radius 1 is 0.323 bits per heavy atom. The molecule has 8 fully saturated rings. The van der Waals surface area contributed by atoms with E-state index in [9.17, 15) is 127 Å². The van der Waals surface area contributed by atoms with Gasteiger partial charge in [0.05, 0.1) is 52.9 Å². The smallest absolute Gasteiger partial charge is 0.217 e. The van der Waals surface area contributed by atoms with Crippen molar-refractivity contribution in [3.63, 3.8) is 0 Å². The van der Waals surface area contributed by atoms with Crippen molar-refractivity contribution in [3.05, 3.63) is 0 Å². The van der Waals surface area contributed by atoms with Crippen LogP contribution in [-0.4, -0.2) is 422 Å². The molecule has 8 heterocycles. The first kappa shape index (κ1) is 76.2. The van der Waals surface area contributed by atoms with Crippen LogP contribution in [0.1, 0.15) is 13.8 Å². The molecule has 0 aliphatic carbocycles. The molecule has 8 aliphatic rings. The second-order valence-electron chi connectivity index (χ2n) is 23.5. The molecule has 8 aliphatic heterocycles. The fourth-order valence-electron chi connectivity index (χ4n) is 11.8. The van der Waals surface area contributed by atoms with Crippen LogP contribution in [0.3, 0.4) is 0 Å². The van der Waals surface area contributed by atoms with E-state index in [1.54, 1.807) is 0 Å². The van der Waals surface area contributed by atoms with Crippen molar-refractivity contribution in [2.24, 2.45) is 0 Å². The first-order valence-electron chi connectivity index (χ1n) is 29.5. The van der Waals surface area contributed by atoms with Gasteiger partial charge < -0.3 is 199 Å². The maximum Gasteiger partial charge on any atom is 0.217 e. The molecule has 42 nitrogen and oxygen atoms in total. The SMILES string of the molecule is CC(=O)N[C@H]1[C@H](O[C@H]2[C@H](O)[C@@H](NC(C)=O)C(O)O[C@@H]2CO)O[C@H](CO)[C@@H](O[C@@H]2O[C@H](CO[C@H]3O[C@H](CO[C@H]4O[C@H](CO)[C@@H](O)[C@H](O)[C@@H]4O)[C@@H](O)[C@H](O[C@H]4O[C@H](CO)[C@@H](O)[C@H](O)[C@@H]4O)[C@@H]3O)[C@@H](O)[C@H](O[C@H]3O[C@H](CO)[C@@H](O)[C@H](O)[C@@H]3O)[C@@H]2O[C@@H]2OC[C@@H](O)[C@H](O)[C@H]2O)[C@@H]1O. The number of amides is 2. The van der Waals surface area contributed by atoms with Gasteiger partial charge in [0, 0.05) is 13.8 Å². The molecule has 0 aromatic carbocycles. The summed E-state index contributed by atoms with van der Waals surface area (Å²) in [5.41, 5.74) is 0. The molecule has 39 atom stereocenters. The largest absolute Gasteiger partial charge is 0.394 e. The Hall–Kier alpha value is -2.58. The van der Waals surface area contributed by atoms with Gasteiger partial charge in [0.1, 0.15) is 189 Å². The molecule has 0 radical (unpaired) electrons. The van der Waals surface area contributed by atoms with E-state index in [0.717, 1.165) is 13.8 Å². The van der Waals surface area contributed by atoms with Crippen LogP contribution in [0.15, 0.2) is 0 Å². The highest BCUT2D eigenvalue weighted by Gasteiger charge is 2.59. The van der Waals surface area contributed by atoms with Gasteiger partial charge >= 0.3 is 0 Å². The molecule has 25 N–H and O–H groups in total. The summed E-state index contributed by atoms with van der Waals surface area (Å²) in [5.74, 6) is -1.68. The quantitative estimate of drug-likeness (QED) is 0.0452. The molecule has 0 bridgehead atoms. The number of rotatable bonds is 23. The van der Waals surface area contributed by atoms with Gasteiger partial charge in [0.2, 0.25) is 11.8 Å². The fourth-order valence-corrected chi connectivity index (χ4v) is 11.8. The van der Waals surface area contributed by atoms with Gasteiger partial charge in [-0.25, -0.2) is 0 Å². The van der Waals surface area contributed by atoms with E-state index < -0.39 is 304 Å². The van der Waals surface area contributed by atoms with Crippen LogP contribution in [0.25, 0.3) is 0 Å². The average Bonchev–Trinajstić information content (AvgIpc) is 0.784. The van der Waals surface area contributed by atoms with Gasteiger partial charge in [-0.05, 0) is 0 Å². The van der Waals surface area contributed by atoms with Crippen LogP contribution in [-0.2, 0) is 80.6 Å². The molecule has 0 saturated carbocycles. The number of nitrogens with one attached hydrogen (secondary N) is 2. The Bertz CT molecular complexity index is 2330. The molecular formula is C51H86N2O40. The molecule has 0 aromatic heterocycles. The summed E-state index contributed by atoms with van der Waals surface area (Å²) >= 11 is 0. The first-order chi connectivity index (χ1) is 44.0. The molecule has 42 heteroatoms. The maximum atomic E-state index is 12.9. The van der Waals surface area contributed by atoms with Crippen LogP contribution >= 0.6 is 0 Å². The van der Waals surface area contributed by atoms with Gasteiger partial charge in [-0.15, -0.1) is 0 Å². The predicted octanol–water partition coefficient (Wildman–Crippen LogP) is -17.5. The summed E-state index contributed by atoms with van der Waals surface area (Å²) in [6, 6.07) is -3.51. The number of ether oxygens (including phenoxy) is 15. The third-order valence-corrected chi connectivity index (χ3v) is 17.0. The van der Waals surface area contributed by atoms with Crippen molar-refractivity contribution in [2.75, 3.05) is 52.9 Å². The van der Waals surface area contributed by atoms with Crippen LogP contribution in [0.5, 0.6) is 0 Å². The number of hydrogen-bond acceptors (Lipinski definition) is 40. The molecule has 540 valence electrons. The van der Waals surface area contributed by atoms with Crippen molar-refractivity contribution < 1.29 is 198 Å². The maximum absolute atomic E-state index is 12.9. The molecule has 0 aromatic rings. The van der Waals surface area contributed by atoms with Gasteiger partial charge in [0.25, 0.3) is 0 Å². The third-order valence-electron chi connectivity index (χ3n) is 17.0. The van der Waals surface area contributed by atoms with Gasteiger partial charge in [-0.3, -0.25) is 9.59 Å². The highest BCUT2D eigenvalue weighted by Crippen LogP contribution is 2.39. The second-order valence-corrected chi connectivity index (χ2v) is 23.5. The number of carbonyl (C=O) groups excluding carboxylic acids is 2. The van der Waals surface area contributed by atoms with E-state index in [1.807, 2.05) is 0 Å². The topological polar surface area (TPSA) is 662 Å². The summed E-state index contributed by atoms with van der Waals surface area (Å²) < 4.78 is 87.5. The zero-order chi connectivity index (χ0) is 68.3. The lowest BCUT2D eigenvalue weighted by molar-refractivity contribution is -0.405. The number of aliphatic hydroxyl groups excluding tert-OH is 23. The molecule has 8 rings (SSSR count). The Labute approximate surface area is 525 Å². The normalized spacial score (nSPS) is 50.8. The Kier molecular flexibility index (Phi) is 27.1. The lowest BCUT2D eigenvalue weighted by atomic mass is 9.93. The third kappa shape index (κ3) is 16.7. The van der Waals surface area contributed by atoms with Crippen LogP contribution in [0.2, 0.25) is 0 Å². The van der Waals surface area contributed by atoms with E-state index in [0.29, 0.717) is 0 Å². The van der Waals surface area contributed by atoms with Gasteiger partial charge in [-0.1, -0.05) is 0 Å². The molecule has 0 spiro atoms. The first-order valence-corrected chi connectivity index (χ1v) is 29.5. The van der Waals surface area contributed by atoms with E-state index in [2.05, 4.69) is 10.6 Å². The zero-order valence-corrected chi connectivity index (χ0v) is 49.4. The zero-order valence-electron chi connectivity index (χ0n) is 49.4. The van der Waals surface area contributed by atoms with Crippen molar-refractivity contribution in [3.8, 4) is 0 Å². The minimum atomic E-state index is -2.38. The summed E-state index contributed by atoms with van der Waals surface area (Å²) in [5, 5.41) is 255. The van der Waals surface area contributed by atoms with E-state index in [-0.39, 0.29) is 0 Å². The van der Waals surface area contributed by atoms with Crippen LogP contribution in [0, 0.1) is 0 Å². The average molecular weight is 1370 g/mol. The van der Waals surface area contributed by atoms with Crippen molar-refractivity contribution in [1.82, 2.24) is 10.6 Å². The second kappa shape index (κ2) is 33.1. The monoisotopic (exact) mass is 1370 g/mol. The summed E-state index contributed by atoms with van der Waals surface area (Å²) in [7, 11) is 0. The number of carbonyl (C=O) groups is 2. The van der Waals surface area contributed by atoms with Crippen LogP contribution < -0.4 is 10.6 Å². The van der Waals surface area contributed by atoms with Crippen molar-refractivity contribution in [1.29, 1.82) is 0 Å². The lowest BCUT2D eigenvalue weighted by Gasteiger charge is -2.51. The Morgan fingerprint density at radius 2 is 0.677 bits per heavy atom. The minimum absolute atomic E-state index is 0.767. The molecule has 93 heavy (non-hydrogen) atoms. The highest BCUT2D eigenvalue weighted by molar-refractivity contribution is 5.73. The minimum Gasteiger partial charge on any atom is -0.394 e. The summed E-state index contributed by atoms with van der Waals surface area (Å²) in [6.45, 7) is -5.98.